The second-order valence-electron chi connectivity index (χ2n) is 6.29. The molecule has 1 fully saturated rings. The van der Waals surface area contributed by atoms with E-state index < -0.39 is 0 Å². The first-order valence-electron chi connectivity index (χ1n) is 8.44. The van der Waals surface area contributed by atoms with E-state index in [4.69, 9.17) is 0 Å². The van der Waals surface area contributed by atoms with Gasteiger partial charge in [-0.15, -0.1) is 0 Å². The van der Waals surface area contributed by atoms with E-state index in [1.165, 1.54) is 32.2 Å². The number of hydrogen-bond acceptors (Lipinski definition) is 2. The van der Waals surface area contributed by atoms with E-state index in [0.29, 0.717) is 5.78 Å². The lowest BCUT2D eigenvalue weighted by molar-refractivity contribution is -0.132. The summed E-state index contributed by atoms with van der Waals surface area (Å²) in [5.41, 5.74) is -0.00406. The third-order valence-corrected chi connectivity index (χ3v) is 4.52. The molecule has 0 amide bonds. The van der Waals surface area contributed by atoms with E-state index in [1.807, 2.05) is 0 Å². The zero-order valence-corrected chi connectivity index (χ0v) is 13.3. The van der Waals surface area contributed by atoms with Crippen LogP contribution in [0.3, 0.4) is 0 Å². The van der Waals surface area contributed by atoms with Crippen molar-refractivity contribution in [2.45, 2.75) is 78.6 Å². The summed E-state index contributed by atoms with van der Waals surface area (Å²) in [5.74, 6) is 0.559. The number of rotatable bonds is 9. The van der Waals surface area contributed by atoms with Crippen LogP contribution in [0, 0.1) is 5.41 Å². The van der Waals surface area contributed by atoms with Crippen LogP contribution in [0.15, 0.2) is 0 Å². The van der Waals surface area contributed by atoms with Crippen LogP contribution in [0.4, 0.5) is 0 Å². The predicted molar refractivity (Wildman–Crippen MR) is 82.5 cm³/mol. The maximum absolute atomic E-state index is 12.7. The summed E-state index contributed by atoms with van der Waals surface area (Å²) in [5, 5.41) is 0. The molecule has 1 heterocycles. The largest absolute Gasteiger partial charge is 0.302 e. The van der Waals surface area contributed by atoms with Gasteiger partial charge in [0, 0.05) is 18.4 Å². The minimum Gasteiger partial charge on any atom is -0.302 e. The Morgan fingerprint density at radius 2 is 1.89 bits per heavy atom. The summed E-state index contributed by atoms with van der Waals surface area (Å²) in [4.78, 5) is 15.2. The van der Waals surface area contributed by atoms with Gasteiger partial charge in [0.1, 0.15) is 5.78 Å². The highest BCUT2D eigenvalue weighted by Gasteiger charge is 2.39. The number of carbonyl (C=O) groups is 1. The number of hydrogen-bond donors (Lipinski definition) is 0. The average Bonchev–Trinajstić information content (AvgIpc) is 2.40. The molecule has 0 bridgehead atoms. The highest BCUT2D eigenvalue weighted by molar-refractivity contribution is 5.85. The van der Waals surface area contributed by atoms with Gasteiger partial charge in [-0.05, 0) is 45.2 Å². The summed E-state index contributed by atoms with van der Waals surface area (Å²) >= 11 is 0. The van der Waals surface area contributed by atoms with Gasteiger partial charge in [0.15, 0.2) is 0 Å². The number of likely N-dealkylation sites (tertiary alicyclic amines) is 1. The van der Waals surface area contributed by atoms with Crippen LogP contribution in [0.2, 0.25) is 0 Å². The Balaban J connectivity index is 2.63. The molecule has 0 spiro atoms. The Morgan fingerprint density at radius 1 is 1.11 bits per heavy atom. The van der Waals surface area contributed by atoms with E-state index >= 15 is 0 Å². The first kappa shape index (κ1) is 16.7. The maximum atomic E-state index is 12.7. The van der Waals surface area contributed by atoms with Crippen LogP contribution in [0.5, 0.6) is 0 Å². The lowest BCUT2D eigenvalue weighted by Gasteiger charge is -2.42. The van der Waals surface area contributed by atoms with Crippen LogP contribution < -0.4 is 0 Å². The van der Waals surface area contributed by atoms with Crippen molar-refractivity contribution in [3.05, 3.63) is 0 Å². The number of nitrogens with zero attached hydrogens (tertiary/aromatic N) is 1. The summed E-state index contributed by atoms with van der Waals surface area (Å²) in [6.07, 6.45) is 10.1. The zero-order chi connectivity index (χ0) is 14.1. The molecule has 2 heteroatoms. The second-order valence-corrected chi connectivity index (χ2v) is 6.29. The summed E-state index contributed by atoms with van der Waals surface area (Å²) in [6.45, 7) is 10.0. The standard InChI is InChI=1S/C17H33NO/c1-4-7-8-10-16(19)17(11-5-2)12-9-14-18(15-17)13-6-3/h4-15H2,1-3H3/t17-/m1/s1. The molecule has 0 N–H and O–H groups in total. The van der Waals surface area contributed by atoms with E-state index in [0.717, 1.165) is 45.2 Å². The van der Waals surface area contributed by atoms with Gasteiger partial charge < -0.3 is 4.90 Å². The van der Waals surface area contributed by atoms with Gasteiger partial charge in [-0.3, -0.25) is 4.79 Å². The minimum absolute atomic E-state index is 0.00406. The van der Waals surface area contributed by atoms with Crippen LogP contribution in [0.25, 0.3) is 0 Å². The van der Waals surface area contributed by atoms with Gasteiger partial charge in [0.05, 0.1) is 0 Å². The minimum atomic E-state index is -0.00406. The molecule has 2 nitrogen and oxygen atoms in total. The third kappa shape index (κ3) is 4.91. The topological polar surface area (TPSA) is 20.3 Å². The smallest absolute Gasteiger partial charge is 0.140 e. The average molecular weight is 267 g/mol. The molecule has 112 valence electrons. The molecule has 1 aliphatic heterocycles. The Hall–Kier alpha value is -0.370. The molecule has 0 aromatic heterocycles. The molecular weight excluding hydrogens is 234 g/mol. The van der Waals surface area contributed by atoms with E-state index in [9.17, 15) is 4.79 Å². The molecule has 19 heavy (non-hydrogen) atoms. The van der Waals surface area contributed by atoms with E-state index in [1.54, 1.807) is 0 Å². The molecule has 0 aromatic carbocycles. The van der Waals surface area contributed by atoms with Crippen LogP contribution >= 0.6 is 0 Å². The number of ketones is 1. The lowest BCUT2D eigenvalue weighted by Crippen LogP contribution is -2.48. The van der Waals surface area contributed by atoms with Crippen LogP contribution in [-0.2, 0) is 4.79 Å². The Morgan fingerprint density at radius 3 is 2.53 bits per heavy atom. The van der Waals surface area contributed by atoms with Crippen molar-refractivity contribution in [1.82, 2.24) is 4.90 Å². The number of piperidine rings is 1. The number of carbonyl (C=O) groups excluding carboxylic acids is 1. The number of unbranched alkanes of at least 4 members (excludes halogenated alkanes) is 2. The summed E-state index contributed by atoms with van der Waals surface area (Å²) in [7, 11) is 0. The van der Waals surface area contributed by atoms with Crippen molar-refractivity contribution < 1.29 is 4.79 Å². The number of Topliss-reactive ketones (excluding diaryl/α,β-unsaturated/α-hetero) is 1. The molecule has 1 rings (SSSR count). The van der Waals surface area contributed by atoms with Gasteiger partial charge in [-0.25, -0.2) is 0 Å². The molecular formula is C17H33NO. The SMILES string of the molecule is CCCCCC(=O)[C@]1(CCC)CCCN(CCC)C1. The molecule has 1 saturated heterocycles. The summed E-state index contributed by atoms with van der Waals surface area (Å²) in [6, 6.07) is 0. The van der Waals surface area contributed by atoms with Gasteiger partial charge in [0.25, 0.3) is 0 Å². The molecule has 0 aliphatic carbocycles. The fourth-order valence-electron chi connectivity index (χ4n) is 3.58. The van der Waals surface area contributed by atoms with Crippen molar-refractivity contribution in [1.29, 1.82) is 0 Å². The van der Waals surface area contributed by atoms with Gasteiger partial charge in [-0.2, -0.15) is 0 Å². The highest BCUT2D eigenvalue weighted by atomic mass is 16.1. The normalized spacial score (nSPS) is 24.6. The molecule has 0 unspecified atom stereocenters. The van der Waals surface area contributed by atoms with E-state index in [2.05, 4.69) is 25.7 Å². The Labute approximate surface area is 119 Å². The van der Waals surface area contributed by atoms with Crippen molar-refractivity contribution >= 4 is 5.78 Å². The van der Waals surface area contributed by atoms with Gasteiger partial charge in [-0.1, -0.05) is 40.0 Å². The quantitative estimate of drug-likeness (QED) is 0.576. The van der Waals surface area contributed by atoms with Gasteiger partial charge >= 0.3 is 0 Å². The lowest BCUT2D eigenvalue weighted by atomic mass is 9.71. The van der Waals surface area contributed by atoms with Crippen LogP contribution in [0.1, 0.15) is 78.6 Å². The second kappa shape index (κ2) is 8.73. The Bertz CT molecular complexity index is 258. The van der Waals surface area contributed by atoms with Crippen LogP contribution in [-0.4, -0.2) is 30.3 Å². The molecule has 0 saturated carbocycles. The molecule has 1 atom stereocenters. The first-order valence-corrected chi connectivity index (χ1v) is 8.44. The van der Waals surface area contributed by atoms with Crippen molar-refractivity contribution in [2.75, 3.05) is 19.6 Å². The molecule has 1 aliphatic rings. The predicted octanol–water partition coefficient (Wildman–Crippen LogP) is 4.43. The first-order chi connectivity index (χ1) is 9.18. The van der Waals surface area contributed by atoms with Crippen molar-refractivity contribution in [2.24, 2.45) is 5.41 Å². The third-order valence-electron chi connectivity index (χ3n) is 4.52. The molecule has 0 aromatic rings. The molecule has 0 radical (unpaired) electrons. The van der Waals surface area contributed by atoms with E-state index in [-0.39, 0.29) is 5.41 Å². The fourth-order valence-corrected chi connectivity index (χ4v) is 3.58. The fraction of sp³-hybridized carbons (Fsp3) is 0.941. The van der Waals surface area contributed by atoms with Gasteiger partial charge in [0.2, 0.25) is 0 Å². The highest BCUT2D eigenvalue weighted by Crippen LogP contribution is 2.37. The zero-order valence-electron chi connectivity index (χ0n) is 13.3. The summed E-state index contributed by atoms with van der Waals surface area (Å²) < 4.78 is 0. The Kier molecular flexibility index (Phi) is 7.67. The maximum Gasteiger partial charge on any atom is 0.140 e. The monoisotopic (exact) mass is 267 g/mol. The van der Waals surface area contributed by atoms with Crippen molar-refractivity contribution in [3.63, 3.8) is 0 Å². The van der Waals surface area contributed by atoms with Crippen molar-refractivity contribution in [3.8, 4) is 0 Å².